The molecule has 11 aromatic rings. The van der Waals surface area contributed by atoms with Crippen molar-refractivity contribution >= 4 is 103 Å². The monoisotopic (exact) mass is 629 g/mol. The van der Waals surface area contributed by atoms with Crippen LogP contribution in [0, 0.1) is 0 Å². The van der Waals surface area contributed by atoms with Crippen LogP contribution in [0.5, 0.6) is 0 Å². The summed E-state index contributed by atoms with van der Waals surface area (Å²) in [5.74, 6) is 0. The Morgan fingerprint density at radius 3 is 1.96 bits per heavy atom. The van der Waals surface area contributed by atoms with Gasteiger partial charge in [0.1, 0.15) is 0 Å². The van der Waals surface area contributed by atoms with Crippen LogP contribution in [0.3, 0.4) is 0 Å². The van der Waals surface area contributed by atoms with Gasteiger partial charge in [0.05, 0.1) is 21.3 Å². The van der Waals surface area contributed by atoms with Crippen LogP contribution in [0.25, 0.3) is 80.2 Å². The van der Waals surface area contributed by atoms with E-state index in [-0.39, 0.29) is 0 Å². The number of nitrogens with one attached hydrogen (secondary N) is 1. The summed E-state index contributed by atoms with van der Waals surface area (Å²) in [4.78, 5) is 6.23. The number of fused-ring (bicyclic) bond motifs is 8. The topological polar surface area (TPSA) is 24.0 Å². The molecule has 0 radical (unpaired) electrons. The molecule has 0 aliphatic rings. The SMILES string of the molecule is c1ccc(N(c2ccccc2)c2ccc3c(c2)[nH]c2c3cc3c4c2ccc2cc5c6ccccc6sc5c(c24)n3-c2ccccc2)cc1. The molecule has 3 heterocycles. The molecule has 4 heteroatoms. The highest BCUT2D eigenvalue weighted by molar-refractivity contribution is 7.26. The van der Waals surface area contributed by atoms with Crippen molar-refractivity contribution in [2.45, 2.75) is 0 Å². The summed E-state index contributed by atoms with van der Waals surface area (Å²) < 4.78 is 5.19. The molecule has 0 spiro atoms. The van der Waals surface area contributed by atoms with Crippen LogP contribution >= 0.6 is 11.3 Å². The zero-order chi connectivity index (χ0) is 31.3. The number of benzene rings is 8. The smallest absolute Gasteiger partial charge is 0.0726 e. The summed E-state index contributed by atoms with van der Waals surface area (Å²) in [6, 6.07) is 57.3. The fourth-order valence-corrected chi connectivity index (χ4v) is 9.22. The molecular weight excluding hydrogens is 603 g/mol. The van der Waals surface area contributed by atoms with E-state index in [1.54, 1.807) is 0 Å². The number of aromatic nitrogens is 2. The van der Waals surface area contributed by atoms with Gasteiger partial charge >= 0.3 is 0 Å². The van der Waals surface area contributed by atoms with E-state index in [1.165, 1.54) is 74.7 Å². The Kier molecular flexibility index (Phi) is 5.26. The molecule has 3 nitrogen and oxygen atoms in total. The fraction of sp³-hybridized carbons (Fsp3) is 0. The van der Waals surface area contributed by atoms with Gasteiger partial charge < -0.3 is 14.5 Å². The Hall–Kier alpha value is -6.10. The van der Waals surface area contributed by atoms with Gasteiger partial charge in [-0.05, 0) is 72.1 Å². The van der Waals surface area contributed by atoms with Gasteiger partial charge in [-0.1, -0.05) is 91.0 Å². The summed E-state index contributed by atoms with van der Waals surface area (Å²) >= 11 is 1.91. The number of rotatable bonds is 4. The van der Waals surface area contributed by atoms with Gasteiger partial charge in [0, 0.05) is 70.7 Å². The Morgan fingerprint density at radius 1 is 0.500 bits per heavy atom. The van der Waals surface area contributed by atoms with Crippen LogP contribution in [0.15, 0.2) is 158 Å². The predicted octanol–water partition coefficient (Wildman–Crippen LogP) is 12.8. The maximum atomic E-state index is 3.90. The third-order valence-electron chi connectivity index (χ3n) is 10.0. The highest BCUT2D eigenvalue weighted by atomic mass is 32.1. The van der Waals surface area contributed by atoms with Gasteiger partial charge in [0.2, 0.25) is 0 Å². The number of hydrogen-bond donors (Lipinski definition) is 1. The highest BCUT2D eigenvalue weighted by Crippen LogP contribution is 2.49. The number of aromatic amines is 1. The van der Waals surface area contributed by atoms with Gasteiger partial charge in [-0.25, -0.2) is 0 Å². The van der Waals surface area contributed by atoms with Crippen molar-refractivity contribution in [2.24, 2.45) is 0 Å². The Balaban J connectivity index is 1.24. The molecule has 8 aromatic carbocycles. The first-order valence-corrected chi connectivity index (χ1v) is 17.2. The van der Waals surface area contributed by atoms with Crippen molar-refractivity contribution in [2.75, 3.05) is 4.90 Å². The third kappa shape index (κ3) is 3.52. The molecule has 0 amide bonds. The van der Waals surface area contributed by atoms with Gasteiger partial charge in [-0.15, -0.1) is 11.3 Å². The molecule has 1 N–H and O–H groups in total. The first-order valence-electron chi connectivity index (χ1n) is 16.4. The average Bonchev–Trinajstić information content (AvgIpc) is 3.82. The summed E-state index contributed by atoms with van der Waals surface area (Å²) in [5, 5.41) is 10.3. The number of H-pyrrole nitrogens is 1. The third-order valence-corrected chi connectivity index (χ3v) is 11.2. The summed E-state index contributed by atoms with van der Waals surface area (Å²) in [6.07, 6.45) is 0. The minimum atomic E-state index is 1.12. The lowest BCUT2D eigenvalue weighted by Gasteiger charge is -2.25. The molecule has 0 bridgehead atoms. The van der Waals surface area contributed by atoms with Crippen molar-refractivity contribution in [1.29, 1.82) is 0 Å². The van der Waals surface area contributed by atoms with E-state index in [9.17, 15) is 0 Å². The number of nitrogens with zero attached hydrogens (tertiary/aromatic N) is 2. The largest absolute Gasteiger partial charge is 0.354 e. The number of hydrogen-bond acceptors (Lipinski definition) is 2. The van der Waals surface area contributed by atoms with Crippen molar-refractivity contribution < 1.29 is 0 Å². The van der Waals surface area contributed by atoms with Crippen LogP contribution in [-0.4, -0.2) is 9.55 Å². The highest BCUT2D eigenvalue weighted by Gasteiger charge is 2.24. The van der Waals surface area contributed by atoms with E-state index in [2.05, 4.69) is 172 Å². The molecule has 0 atom stereocenters. The Labute approximate surface area is 279 Å². The van der Waals surface area contributed by atoms with Gasteiger partial charge in [0.15, 0.2) is 0 Å². The van der Waals surface area contributed by atoms with Gasteiger partial charge in [-0.3, -0.25) is 0 Å². The normalized spacial score (nSPS) is 12.2. The van der Waals surface area contributed by atoms with E-state index in [0.29, 0.717) is 0 Å². The van der Waals surface area contributed by atoms with E-state index < -0.39 is 0 Å². The summed E-state index contributed by atoms with van der Waals surface area (Å²) in [6.45, 7) is 0. The van der Waals surface area contributed by atoms with Crippen LogP contribution in [0.4, 0.5) is 17.1 Å². The molecular formula is C44H27N3S. The molecule has 0 saturated heterocycles. The van der Waals surface area contributed by atoms with Gasteiger partial charge in [0.25, 0.3) is 0 Å². The molecule has 3 aromatic heterocycles. The zero-order valence-corrected chi connectivity index (χ0v) is 26.6. The van der Waals surface area contributed by atoms with Gasteiger partial charge in [-0.2, -0.15) is 0 Å². The van der Waals surface area contributed by atoms with Crippen LogP contribution in [-0.2, 0) is 0 Å². The van der Waals surface area contributed by atoms with E-state index in [4.69, 9.17) is 0 Å². The lowest BCUT2D eigenvalue weighted by Crippen LogP contribution is -2.09. The van der Waals surface area contributed by atoms with Crippen LogP contribution in [0.1, 0.15) is 0 Å². The van der Waals surface area contributed by atoms with Crippen molar-refractivity contribution in [3.63, 3.8) is 0 Å². The molecule has 0 unspecified atom stereocenters. The molecule has 48 heavy (non-hydrogen) atoms. The predicted molar refractivity (Wildman–Crippen MR) is 206 cm³/mol. The lowest BCUT2D eigenvalue weighted by molar-refractivity contribution is 1.19. The molecule has 0 fully saturated rings. The molecule has 0 aliphatic heterocycles. The second-order valence-electron chi connectivity index (χ2n) is 12.6. The maximum absolute atomic E-state index is 3.90. The lowest BCUT2D eigenvalue weighted by atomic mass is 9.98. The van der Waals surface area contributed by atoms with Crippen molar-refractivity contribution in [1.82, 2.24) is 9.55 Å². The first-order chi connectivity index (χ1) is 23.8. The molecule has 224 valence electrons. The van der Waals surface area contributed by atoms with E-state index in [0.717, 1.165) is 22.6 Å². The maximum Gasteiger partial charge on any atom is 0.0726 e. The van der Waals surface area contributed by atoms with Crippen LogP contribution < -0.4 is 4.90 Å². The fourth-order valence-electron chi connectivity index (χ4n) is 8.00. The number of thiophene rings is 1. The van der Waals surface area contributed by atoms with Crippen molar-refractivity contribution in [3.8, 4) is 5.69 Å². The molecule has 11 rings (SSSR count). The molecule has 0 aliphatic carbocycles. The Bertz CT molecular complexity index is 2950. The Morgan fingerprint density at radius 2 is 1.19 bits per heavy atom. The quantitative estimate of drug-likeness (QED) is 0.192. The minimum Gasteiger partial charge on any atom is -0.354 e. The number of anilines is 3. The van der Waals surface area contributed by atoms with Crippen LogP contribution in [0.2, 0.25) is 0 Å². The first kappa shape index (κ1) is 26.0. The molecule has 0 saturated carbocycles. The summed E-state index contributed by atoms with van der Waals surface area (Å²) in [5.41, 5.74) is 9.43. The zero-order valence-electron chi connectivity index (χ0n) is 25.8. The number of para-hydroxylation sites is 3. The van der Waals surface area contributed by atoms with E-state index >= 15 is 0 Å². The minimum absolute atomic E-state index is 1.12. The second kappa shape index (κ2) is 9.71. The summed E-state index contributed by atoms with van der Waals surface area (Å²) in [7, 11) is 0. The average molecular weight is 630 g/mol. The van der Waals surface area contributed by atoms with Crippen molar-refractivity contribution in [3.05, 3.63) is 158 Å². The second-order valence-corrected chi connectivity index (χ2v) is 13.7. The van der Waals surface area contributed by atoms with E-state index in [1.807, 2.05) is 11.3 Å². The standard InChI is InChI=1S/C44H27N3S/c1-4-12-28(13-5-1)46(29-14-6-2-7-15-29)31-21-23-32-35-26-38-41-34(42(35)45-37(32)25-31)22-20-27-24-36-33-18-10-11-19-39(33)48-44(36)43(40(27)41)47(38)30-16-8-3-9-17-30/h1-26,45H.